The van der Waals surface area contributed by atoms with Crippen molar-refractivity contribution in [3.8, 4) is 5.75 Å². The third kappa shape index (κ3) is 4.48. The highest BCUT2D eigenvalue weighted by molar-refractivity contribution is 5.81. The smallest absolute Gasteiger partial charge is 0.251 e. The number of rotatable bonds is 5. The van der Waals surface area contributed by atoms with Crippen LogP contribution in [-0.4, -0.2) is 67.7 Å². The molecule has 2 saturated heterocycles. The van der Waals surface area contributed by atoms with Gasteiger partial charge < -0.3 is 14.4 Å². The number of nitrogens with zero attached hydrogens (tertiary/aromatic N) is 2. The number of ether oxygens (including phenoxy) is 2. The van der Waals surface area contributed by atoms with Gasteiger partial charge in [-0.15, -0.1) is 0 Å². The number of carbonyl (C=O) groups excluding carboxylic acids is 1. The fourth-order valence-corrected chi connectivity index (χ4v) is 3.48. The maximum atomic E-state index is 12.3. The van der Waals surface area contributed by atoms with Crippen molar-refractivity contribution in [3.63, 3.8) is 0 Å². The second-order valence-electron chi connectivity index (χ2n) is 6.84. The summed E-state index contributed by atoms with van der Waals surface area (Å²) in [6.07, 6.45) is 1.69. The Bertz CT molecular complexity index is 541. The topological polar surface area (TPSA) is 42.0 Å². The monoisotopic (exact) mass is 332 g/mol. The molecule has 1 amide bonds. The maximum Gasteiger partial charge on any atom is 0.251 e. The van der Waals surface area contributed by atoms with Gasteiger partial charge in [-0.2, -0.15) is 0 Å². The Morgan fingerprint density at radius 3 is 2.50 bits per heavy atom. The number of hydrogen-bond donors (Lipinski definition) is 0. The van der Waals surface area contributed by atoms with Crippen molar-refractivity contribution in [2.75, 3.05) is 45.9 Å². The lowest BCUT2D eigenvalue weighted by Gasteiger charge is -2.35. The molecule has 2 heterocycles. The Morgan fingerprint density at radius 1 is 1.17 bits per heavy atom. The number of aryl methyl sites for hydroxylation is 2. The molecular formula is C19H28N2O3. The van der Waals surface area contributed by atoms with Crippen LogP contribution in [-0.2, 0) is 9.53 Å². The Balaban J connectivity index is 1.38. The van der Waals surface area contributed by atoms with E-state index in [1.165, 1.54) is 11.1 Å². The van der Waals surface area contributed by atoms with Crippen molar-refractivity contribution >= 4 is 5.91 Å². The van der Waals surface area contributed by atoms with Crippen LogP contribution in [0.15, 0.2) is 18.2 Å². The van der Waals surface area contributed by atoms with Crippen LogP contribution in [0.4, 0.5) is 0 Å². The highest BCUT2D eigenvalue weighted by Crippen LogP contribution is 2.17. The highest BCUT2D eigenvalue weighted by Gasteiger charge is 2.30. The molecule has 0 saturated carbocycles. The van der Waals surface area contributed by atoms with Crippen LogP contribution in [0.25, 0.3) is 0 Å². The van der Waals surface area contributed by atoms with E-state index in [0.29, 0.717) is 6.61 Å². The molecule has 0 aliphatic carbocycles. The summed E-state index contributed by atoms with van der Waals surface area (Å²) in [5.41, 5.74) is 2.46. The normalized spacial score (nSPS) is 21.9. The fourth-order valence-electron chi connectivity index (χ4n) is 3.48. The zero-order valence-corrected chi connectivity index (χ0v) is 14.8. The van der Waals surface area contributed by atoms with Crippen molar-refractivity contribution in [3.05, 3.63) is 29.3 Å². The summed E-state index contributed by atoms with van der Waals surface area (Å²) < 4.78 is 11.4. The Kier molecular flexibility index (Phi) is 5.74. The predicted molar refractivity (Wildman–Crippen MR) is 93.4 cm³/mol. The average molecular weight is 332 g/mol. The zero-order valence-electron chi connectivity index (χ0n) is 14.8. The van der Waals surface area contributed by atoms with E-state index in [0.717, 1.165) is 57.9 Å². The van der Waals surface area contributed by atoms with Gasteiger partial charge in [0, 0.05) is 39.3 Å². The first kappa shape index (κ1) is 17.2. The summed E-state index contributed by atoms with van der Waals surface area (Å²) >= 11 is 0. The van der Waals surface area contributed by atoms with Crippen LogP contribution in [0.5, 0.6) is 5.75 Å². The number of hydrogen-bond acceptors (Lipinski definition) is 4. The third-order valence-electron chi connectivity index (χ3n) is 4.76. The van der Waals surface area contributed by atoms with Gasteiger partial charge >= 0.3 is 0 Å². The average Bonchev–Trinajstić information content (AvgIpc) is 3.08. The molecule has 0 N–H and O–H groups in total. The van der Waals surface area contributed by atoms with Gasteiger partial charge in [0.25, 0.3) is 5.91 Å². The molecular weight excluding hydrogens is 304 g/mol. The quantitative estimate of drug-likeness (QED) is 0.827. The van der Waals surface area contributed by atoms with Crippen LogP contribution in [0.3, 0.4) is 0 Å². The first-order valence-electron chi connectivity index (χ1n) is 8.96. The zero-order chi connectivity index (χ0) is 16.9. The predicted octanol–water partition coefficient (Wildman–Crippen LogP) is 2.01. The summed E-state index contributed by atoms with van der Waals surface area (Å²) in [7, 11) is 0. The molecule has 0 aromatic heterocycles. The Morgan fingerprint density at radius 2 is 1.88 bits per heavy atom. The van der Waals surface area contributed by atoms with E-state index in [2.05, 4.69) is 36.9 Å². The van der Waals surface area contributed by atoms with Gasteiger partial charge in [0.05, 0.1) is 0 Å². The largest absolute Gasteiger partial charge is 0.492 e. The summed E-state index contributed by atoms with van der Waals surface area (Å²) in [5.74, 6) is 1.12. The SMILES string of the molecule is Cc1cc(C)cc(OCCN2CCN(C(=O)[C@H]3CCCO3)CC2)c1. The molecule has 0 radical (unpaired) electrons. The van der Waals surface area contributed by atoms with Crippen LogP contribution in [0.1, 0.15) is 24.0 Å². The lowest BCUT2D eigenvalue weighted by Crippen LogP contribution is -2.52. The van der Waals surface area contributed by atoms with E-state index < -0.39 is 0 Å². The van der Waals surface area contributed by atoms with Crippen LogP contribution in [0, 0.1) is 13.8 Å². The molecule has 2 fully saturated rings. The molecule has 0 spiro atoms. The number of piperazine rings is 1. The standard InChI is InChI=1S/C19H28N2O3/c1-15-12-16(2)14-17(13-15)23-11-9-20-5-7-21(8-6-20)19(22)18-4-3-10-24-18/h12-14,18H,3-11H2,1-2H3/t18-/m1/s1. The molecule has 0 unspecified atom stereocenters. The molecule has 3 rings (SSSR count). The van der Waals surface area contributed by atoms with Gasteiger partial charge in [-0.1, -0.05) is 6.07 Å². The molecule has 1 aromatic rings. The third-order valence-corrected chi connectivity index (χ3v) is 4.76. The van der Waals surface area contributed by atoms with E-state index >= 15 is 0 Å². The summed E-state index contributed by atoms with van der Waals surface area (Å²) in [6.45, 7) is 9.89. The minimum atomic E-state index is -0.190. The van der Waals surface area contributed by atoms with Crippen molar-refractivity contribution in [1.29, 1.82) is 0 Å². The molecule has 5 nitrogen and oxygen atoms in total. The molecule has 0 bridgehead atoms. The van der Waals surface area contributed by atoms with Gasteiger partial charge in [0.15, 0.2) is 0 Å². The first-order valence-corrected chi connectivity index (χ1v) is 8.96. The van der Waals surface area contributed by atoms with Gasteiger partial charge in [-0.25, -0.2) is 0 Å². The molecule has 24 heavy (non-hydrogen) atoms. The minimum Gasteiger partial charge on any atom is -0.492 e. The van der Waals surface area contributed by atoms with Crippen molar-refractivity contribution in [2.24, 2.45) is 0 Å². The van der Waals surface area contributed by atoms with E-state index in [1.54, 1.807) is 0 Å². The first-order chi connectivity index (χ1) is 11.6. The van der Waals surface area contributed by atoms with Crippen molar-refractivity contribution in [1.82, 2.24) is 9.80 Å². The molecule has 132 valence electrons. The minimum absolute atomic E-state index is 0.179. The number of benzene rings is 1. The number of amides is 1. The summed E-state index contributed by atoms with van der Waals surface area (Å²) in [6, 6.07) is 6.30. The summed E-state index contributed by atoms with van der Waals surface area (Å²) in [4.78, 5) is 16.6. The van der Waals surface area contributed by atoms with E-state index in [-0.39, 0.29) is 12.0 Å². The lowest BCUT2D eigenvalue weighted by molar-refractivity contribution is -0.142. The second-order valence-corrected chi connectivity index (χ2v) is 6.84. The van der Waals surface area contributed by atoms with Crippen molar-refractivity contribution in [2.45, 2.75) is 32.8 Å². The van der Waals surface area contributed by atoms with Crippen LogP contribution in [0.2, 0.25) is 0 Å². The molecule has 5 heteroatoms. The van der Waals surface area contributed by atoms with E-state index in [4.69, 9.17) is 9.47 Å². The van der Waals surface area contributed by atoms with Gasteiger partial charge in [0.2, 0.25) is 0 Å². The van der Waals surface area contributed by atoms with Crippen molar-refractivity contribution < 1.29 is 14.3 Å². The van der Waals surface area contributed by atoms with Crippen LogP contribution < -0.4 is 4.74 Å². The number of carbonyl (C=O) groups is 1. The fraction of sp³-hybridized carbons (Fsp3) is 0.632. The highest BCUT2D eigenvalue weighted by atomic mass is 16.5. The van der Waals surface area contributed by atoms with Crippen LogP contribution >= 0.6 is 0 Å². The molecule has 1 aromatic carbocycles. The lowest BCUT2D eigenvalue weighted by atomic mass is 10.1. The van der Waals surface area contributed by atoms with Gasteiger partial charge in [-0.3, -0.25) is 9.69 Å². The Labute approximate surface area is 144 Å². The molecule has 1 atom stereocenters. The Hall–Kier alpha value is -1.59. The van der Waals surface area contributed by atoms with E-state index in [1.807, 2.05) is 4.90 Å². The molecule has 2 aliphatic rings. The van der Waals surface area contributed by atoms with Gasteiger partial charge in [-0.05, 0) is 49.9 Å². The molecule has 2 aliphatic heterocycles. The second kappa shape index (κ2) is 7.99. The summed E-state index contributed by atoms with van der Waals surface area (Å²) in [5, 5.41) is 0. The van der Waals surface area contributed by atoms with Gasteiger partial charge in [0.1, 0.15) is 18.5 Å². The maximum absolute atomic E-state index is 12.3. The van der Waals surface area contributed by atoms with E-state index in [9.17, 15) is 4.79 Å².